The highest BCUT2D eigenvalue weighted by molar-refractivity contribution is 5.87. The summed E-state index contributed by atoms with van der Waals surface area (Å²) >= 11 is 0. The van der Waals surface area contributed by atoms with Gasteiger partial charge in [0, 0.05) is 17.5 Å². The Morgan fingerprint density at radius 2 is 1.83 bits per heavy atom. The Kier molecular flexibility index (Phi) is 2.52. The van der Waals surface area contributed by atoms with Gasteiger partial charge >= 0.3 is 0 Å². The summed E-state index contributed by atoms with van der Waals surface area (Å²) in [4.78, 5) is 7.59. The summed E-state index contributed by atoms with van der Waals surface area (Å²) in [5, 5.41) is 2.35. The number of nitrogens with one attached hydrogen (secondary N) is 1. The van der Waals surface area contributed by atoms with Crippen LogP contribution in [0.5, 0.6) is 5.75 Å². The molecule has 0 radical (unpaired) electrons. The van der Waals surface area contributed by atoms with Gasteiger partial charge in [0.1, 0.15) is 11.6 Å². The first-order chi connectivity index (χ1) is 8.76. The second-order valence-electron chi connectivity index (χ2n) is 4.34. The average molecular weight is 238 g/mol. The first kappa shape index (κ1) is 10.8. The van der Waals surface area contributed by atoms with Gasteiger partial charge in [-0.1, -0.05) is 18.2 Å². The smallest absolute Gasteiger partial charge is 0.137 e. The molecule has 2 aromatic carbocycles. The van der Waals surface area contributed by atoms with E-state index in [4.69, 9.17) is 4.74 Å². The number of fused-ring (bicyclic) bond motifs is 1. The highest BCUT2D eigenvalue weighted by Gasteiger charge is 2.03. The Morgan fingerprint density at radius 1 is 1.06 bits per heavy atom. The first-order valence-corrected chi connectivity index (χ1v) is 5.86. The third-order valence-electron chi connectivity index (χ3n) is 3.02. The van der Waals surface area contributed by atoms with Crippen LogP contribution in [0.4, 0.5) is 0 Å². The number of hydrogen-bond acceptors (Lipinski definition) is 2. The molecular formula is C15H14N2O. The van der Waals surface area contributed by atoms with Crippen molar-refractivity contribution < 1.29 is 4.74 Å². The summed E-state index contributed by atoms with van der Waals surface area (Å²) in [5.74, 6) is 1.79. The number of methoxy groups -OCH3 is 1. The minimum atomic E-state index is 0.879. The highest BCUT2D eigenvalue weighted by Crippen LogP contribution is 2.25. The molecule has 0 saturated heterocycles. The molecule has 1 aromatic heterocycles. The predicted octanol–water partition coefficient (Wildman–Crippen LogP) is 3.55. The molecule has 0 aliphatic carbocycles. The van der Waals surface area contributed by atoms with Crippen LogP contribution >= 0.6 is 0 Å². The minimum Gasteiger partial charge on any atom is -0.497 e. The molecule has 0 aliphatic heterocycles. The average Bonchev–Trinajstić information content (AvgIpc) is 2.84. The van der Waals surface area contributed by atoms with Crippen molar-refractivity contribution in [3.8, 4) is 17.1 Å². The van der Waals surface area contributed by atoms with Crippen molar-refractivity contribution in [1.29, 1.82) is 0 Å². The first-order valence-electron chi connectivity index (χ1n) is 5.86. The quantitative estimate of drug-likeness (QED) is 0.741. The molecular weight excluding hydrogens is 224 g/mol. The van der Waals surface area contributed by atoms with E-state index in [1.165, 1.54) is 10.8 Å². The molecule has 0 bridgehead atoms. The van der Waals surface area contributed by atoms with Crippen LogP contribution in [0, 0.1) is 6.92 Å². The molecule has 1 heterocycles. The number of nitrogens with zero attached hydrogens (tertiary/aromatic N) is 1. The lowest BCUT2D eigenvalue weighted by Crippen LogP contribution is -1.84. The molecule has 3 rings (SSSR count). The van der Waals surface area contributed by atoms with E-state index in [2.05, 4.69) is 34.2 Å². The predicted molar refractivity (Wildman–Crippen MR) is 72.8 cm³/mol. The lowest BCUT2D eigenvalue weighted by molar-refractivity contribution is 0.415. The van der Waals surface area contributed by atoms with Crippen LogP contribution in [0.3, 0.4) is 0 Å². The molecule has 3 heteroatoms. The molecule has 0 unspecified atom stereocenters. The maximum atomic E-state index is 5.22. The zero-order chi connectivity index (χ0) is 12.5. The normalized spacial score (nSPS) is 10.8. The summed E-state index contributed by atoms with van der Waals surface area (Å²) < 4.78 is 5.22. The van der Waals surface area contributed by atoms with Crippen LogP contribution in [0.2, 0.25) is 0 Å². The van der Waals surface area contributed by atoms with Gasteiger partial charge in [0.25, 0.3) is 0 Å². The van der Waals surface area contributed by atoms with Crippen LogP contribution in [-0.4, -0.2) is 17.1 Å². The molecule has 3 nitrogen and oxygen atoms in total. The van der Waals surface area contributed by atoms with Gasteiger partial charge < -0.3 is 9.72 Å². The fourth-order valence-electron chi connectivity index (χ4n) is 2.06. The van der Waals surface area contributed by atoms with Crippen molar-refractivity contribution >= 4 is 10.8 Å². The fraction of sp³-hybridized carbons (Fsp3) is 0.133. The minimum absolute atomic E-state index is 0.879. The number of hydrogen-bond donors (Lipinski definition) is 1. The Morgan fingerprint density at radius 3 is 2.56 bits per heavy atom. The van der Waals surface area contributed by atoms with Crippen molar-refractivity contribution in [1.82, 2.24) is 9.97 Å². The largest absolute Gasteiger partial charge is 0.497 e. The molecule has 3 aromatic rings. The lowest BCUT2D eigenvalue weighted by Gasteiger charge is -2.04. The number of rotatable bonds is 2. The molecule has 90 valence electrons. The van der Waals surface area contributed by atoms with E-state index in [0.717, 1.165) is 22.8 Å². The topological polar surface area (TPSA) is 37.9 Å². The highest BCUT2D eigenvalue weighted by atomic mass is 16.5. The van der Waals surface area contributed by atoms with Gasteiger partial charge in [0.15, 0.2) is 0 Å². The number of H-pyrrole nitrogens is 1. The Labute approximate surface area is 105 Å². The van der Waals surface area contributed by atoms with E-state index in [-0.39, 0.29) is 0 Å². The molecule has 0 aliphatic rings. The zero-order valence-corrected chi connectivity index (χ0v) is 10.4. The van der Waals surface area contributed by atoms with Crippen molar-refractivity contribution in [3.63, 3.8) is 0 Å². The number of ether oxygens (including phenoxy) is 1. The van der Waals surface area contributed by atoms with E-state index >= 15 is 0 Å². The summed E-state index contributed by atoms with van der Waals surface area (Å²) in [6, 6.07) is 12.4. The second-order valence-corrected chi connectivity index (χ2v) is 4.34. The number of benzene rings is 2. The van der Waals surface area contributed by atoms with Gasteiger partial charge in [0.2, 0.25) is 0 Å². The van der Waals surface area contributed by atoms with Gasteiger partial charge in [-0.25, -0.2) is 4.98 Å². The van der Waals surface area contributed by atoms with Gasteiger partial charge in [-0.15, -0.1) is 0 Å². The van der Waals surface area contributed by atoms with E-state index in [0.29, 0.717) is 0 Å². The third kappa shape index (κ3) is 1.84. The number of aryl methyl sites for hydroxylation is 1. The third-order valence-corrected chi connectivity index (χ3v) is 3.02. The summed E-state index contributed by atoms with van der Waals surface area (Å²) in [6.07, 6.45) is 1.84. The second kappa shape index (κ2) is 4.18. The van der Waals surface area contributed by atoms with Gasteiger partial charge in [-0.2, -0.15) is 0 Å². The molecule has 0 saturated carbocycles. The van der Waals surface area contributed by atoms with Gasteiger partial charge in [-0.3, -0.25) is 0 Å². The van der Waals surface area contributed by atoms with Crippen LogP contribution in [0.25, 0.3) is 22.2 Å². The number of imidazole rings is 1. The fourth-order valence-corrected chi connectivity index (χ4v) is 2.06. The molecule has 1 N–H and O–H groups in total. The SMILES string of the molecule is COc1ccc2cc(-c3ncc(C)[nH]3)ccc2c1. The van der Waals surface area contributed by atoms with Crippen LogP contribution in [0.15, 0.2) is 42.6 Å². The maximum absolute atomic E-state index is 5.22. The summed E-state index contributed by atoms with van der Waals surface area (Å²) in [7, 11) is 1.68. The van der Waals surface area contributed by atoms with Crippen LogP contribution in [0.1, 0.15) is 5.69 Å². The van der Waals surface area contributed by atoms with Crippen molar-refractivity contribution in [2.24, 2.45) is 0 Å². The standard InChI is InChI=1S/C15H14N2O/c1-10-9-16-15(17-10)13-4-3-12-8-14(18-2)6-5-11(12)7-13/h3-9H,1-2H3,(H,16,17). The number of aromatic nitrogens is 2. The Balaban J connectivity index is 2.11. The van der Waals surface area contributed by atoms with E-state index in [1.807, 2.05) is 25.3 Å². The lowest BCUT2D eigenvalue weighted by atomic mass is 10.1. The van der Waals surface area contributed by atoms with Crippen LogP contribution in [-0.2, 0) is 0 Å². The van der Waals surface area contributed by atoms with Gasteiger partial charge in [0.05, 0.1) is 7.11 Å². The van der Waals surface area contributed by atoms with Crippen molar-refractivity contribution in [2.75, 3.05) is 7.11 Å². The van der Waals surface area contributed by atoms with E-state index in [1.54, 1.807) is 7.11 Å². The summed E-state index contributed by atoms with van der Waals surface area (Å²) in [5.41, 5.74) is 2.17. The van der Waals surface area contributed by atoms with Crippen LogP contribution < -0.4 is 4.74 Å². The zero-order valence-electron chi connectivity index (χ0n) is 10.4. The molecule has 0 fully saturated rings. The van der Waals surface area contributed by atoms with Gasteiger partial charge in [-0.05, 0) is 35.9 Å². The Bertz CT molecular complexity index is 701. The van der Waals surface area contributed by atoms with E-state index in [9.17, 15) is 0 Å². The van der Waals surface area contributed by atoms with E-state index < -0.39 is 0 Å². The summed E-state index contributed by atoms with van der Waals surface area (Å²) in [6.45, 7) is 2.00. The van der Waals surface area contributed by atoms with Crippen molar-refractivity contribution in [3.05, 3.63) is 48.3 Å². The number of aromatic amines is 1. The molecule has 0 atom stereocenters. The maximum Gasteiger partial charge on any atom is 0.137 e. The molecule has 0 spiro atoms. The molecule has 18 heavy (non-hydrogen) atoms. The monoisotopic (exact) mass is 238 g/mol. The Hall–Kier alpha value is -2.29. The molecule has 0 amide bonds. The van der Waals surface area contributed by atoms with Crippen molar-refractivity contribution in [2.45, 2.75) is 6.92 Å².